The van der Waals surface area contributed by atoms with Crippen LogP contribution in [0.25, 0.3) is 27.6 Å². The molecular weight excluding hydrogens is 400 g/mol. The Bertz CT molecular complexity index is 1220. The molecule has 0 aliphatic carbocycles. The lowest BCUT2D eigenvalue weighted by molar-refractivity contribution is 0.0391. The van der Waals surface area contributed by atoms with Crippen LogP contribution in [-0.4, -0.2) is 54.1 Å². The van der Waals surface area contributed by atoms with Gasteiger partial charge in [0.25, 0.3) is 0 Å². The molecule has 1 atom stereocenters. The first kappa shape index (κ1) is 17.6. The summed E-state index contributed by atoms with van der Waals surface area (Å²) in [4.78, 5) is 12.8. The molecule has 1 fully saturated rings. The molecule has 9 nitrogen and oxygen atoms in total. The Morgan fingerprint density at radius 2 is 2.10 bits per heavy atom. The average molecular weight is 418 g/mol. The SMILES string of the molecule is CC[C@]12COCCN1c1nc(-c3snnc3-c3ccccc3)ncc1-n1cnnc12. The van der Waals surface area contributed by atoms with Crippen LogP contribution in [0.15, 0.2) is 42.9 Å². The van der Waals surface area contributed by atoms with E-state index in [0.29, 0.717) is 19.0 Å². The molecule has 2 aliphatic rings. The highest BCUT2D eigenvalue weighted by Crippen LogP contribution is 2.44. The van der Waals surface area contributed by atoms with Gasteiger partial charge in [0, 0.05) is 12.1 Å². The minimum Gasteiger partial charge on any atom is -0.377 e. The third-order valence-corrected chi connectivity index (χ3v) is 6.59. The van der Waals surface area contributed by atoms with E-state index < -0.39 is 0 Å². The minimum absolute atomic E-state index is 0.387. The summed E-state index contributed by atoms with van der Waals surface area (Å²) < 4.78 is 12.0. The first-order valence-electron chi connectivity index (χ1n) is 9.83. The quantitative estimate of drug-likeness (QED) is 0.501. The van der Waals surface area contributed by atoms with Gasteiger partial charge < -0.3 is 9.64 Å². The second-order valence-corrected chi connectivity index (χ2v) is 8.09. The van der Waals surface area contributed by atoms with Gasteiger partial charge in [-0.1, -0.05) is 41.7 Å². The van der Waals surface area contributed by atoms with Crippen molar-refractivity contribution in [2.75, 3.05) is 24.7 Å². The summed E-state index contributed by atoms with van der Waals surface area (Å²) >= 11 is 1.31. The molecule has 30 heavy (non-hydrogen) atoms. The van der Waals surface area contributed by atoms with Gasteiger partial charge in [-0.15, -0.1) is 15.3 Å². The number of ether oxygens (including phenoxy) is 1. The van der Waals surface area contributed by atoms with Crippen LogP contribution >= 0.6 is 11.5 Å². The Hall–Kier alpha value is -3.24. The highest BCUT2D eigenvalue weighted by Gasteiger charge is 2.49. The molecule has 5 heterocycles. The van der Waals surface area contributed by atoms with Crippen molar-refractivity contribution in [3.8, 4) is 27.6 Å². The van der Waals surface area contributed by atoms with Crippen LogP contribution in [0, 0.1) is 0 Å². The number of nitrogens with zero attached hydrogens (tertiary/aromatic N) is 8. The fourth-order valence-electron chi connectivity index (χ4n) is 4.33. The Kier molecular flexibility index (Phi) is 3.90. The molecule has 0 saturated carbocycles. The zero-order valence-corrected chi connectivity index (χ0v) is 17.1. The van der Waals surface area contributed by atoms with Crippen molar-refractivity contribution in [2.24, 2.45) is 0 Å². The van der Waals surface area contributed by atoms with Gasteiger partial charge in [-0.25, -0.2) is 9.97 Å². The zero-order valence-electron chi connectivity index (χ0n) is 16.3. The number of benzene rings is 1. The van der Waals surface area contributed by atoms with Gasteiger partial charge in [-0.2, -0.15) is 0 Å². The summed E-state index contributed by atoms with van der Waals surface area (Å²) in [7, 11) is 0. The van der Waals surface area contributed by atoms with Gasteiger partial charge in [0.1, 0.15) is 28.1 Å². The predicted molar refractivity (Wildman–Crippen MR) is 111 cm³/mol. The average Bonchev–Trinajstić information content (AvgIpc) is 3.50. The van der Waals surface area contributed by atoms with Crippen molar-refractivity contribution >= 4 is 17.4 Å². The third-order valence-electron chi connectivity index (χ3n) is 5.87. The summed E-state index contributed by atoms with van der Waals surface area (Å²) in [5.74, 6) is 2.36. The van der Waals surface area contributed by atoms with Gasteiger partial charge in [-0.3, -0.25) is 4.57 Å². The zero-order chi connectivity index (χ0) is 20.1. The van der Waals surface area contributed by atoms with Gasteiger partial charge >= 0.3 is 0 Å². The van der Waals surface area contributed by atoms with Crippen molar-refractivity contribution in [3.63, 3.8) is 0 Å². The monoisotopic (exact) mass is 418 g/mol. The first-order valence-corrected chi connectivity index (χ1v) is 10.6. The van der Waals surface area contributed by atoms with Gasteiger partial charge in [0.2, 0.25) is 0 Å². The molecule has 1 aromatic carbocycles. The highest BCUT2D eigenvalue weighted by atomic mass is 32.1. The standard InChI is InChI=1S/C20H18N8OS/c1-2-20-11-29-9-8-28(20)18-14(27-12-22-25-19(20)27)10-21-17(23-18)16-15(24-26-30-16)13-6-4-3-5-7-13/h3-7,10,12H,2,8-9,11H2,1H3/t20-/m1/s1. The van der Waals surface area contributed by atoms with E-state index in [9.17, 15) is 0 Å². The number of anilines is 1. The molecule has 0 radical (unpaired) electrons. The molecule has 0 amide bonds. The Morgan fingerprint density at radius 3 is 2.97 bits per heavy atom. The molecular formula is C20H18N8OS. The lowest BCUT2D eigenvalue weighted by Crippen LogP contribution is -2.58. The van der Waals surface area contributed by atoms with Gasteiger partial charge in [0.15, 0.2) is 17.5 Å². The number of fused-ring (bicyclic) bond motifs is 6. The Labute approximate surface area is 176 Å². The number of morpholine rings is 1. The molecule has 10 heteroatoms. The molecule has 3 aromatic heterocycles. The van der Waals surface area contributed by atoms with Gasteiger partial charge in [0.05, 0.1) is 19.4 Å². The molecule has 150 valence electrons. The summed E-state index contributed by atoms with van der Waals surface area (Å²) in [5, 5.41) is 12.9. The van der Waals surface area contributed by atoms with Crippen LogP contribution in [0.5, 0.6) is 0 Å². The maximum Gasteiger partial charge on any atom is 0.175 e. The van der Waals surface area contributed by atoms with Crippen molar-refractivity contribution in [1.29, 1.82) is 0 Å². The largest absolute Gasteiger partial charge is 0.377 e. The number of hydrogen-bond acceptors (Lipinski definition) is 9. The molecule has 0 unspecified atom stereocenters. The Balaban J connectivity index is 1.53. The van der Waals surface area contributed by atoms with E-state index in [4.69, 9.17) is 9.72 Å². The van der Waals surface area contributed by atoms with Crippen molar-refractivity contribution in [2.45, 2.75) is 18.9 Å². The van der Waals surface area contributed by atoms with Crippen LogP contribution in [0.2, 0.25) is 0 Å². The third kappa shape index (κ3) is 2.37. The van der Waals surface area contributed by atoms with Crippen molar-refractivity contribution in [3.05, 3.63) is 48.7 Å². The van der Waals surface area contributed by atoms with Crippen LogP contribution in [0.3, 0.4) is 0 Å². The molecule has 6 rings (SSSR count). The summed E-state index contributed by atoms with van der Waals surface area (Å²) in [6.45, 7) is 4.08. The van der Waals surface area contributed by atoms with E-state index in [1.54, 1.807) is 6.33 Å². The van der Waals surface area contributed by atoms with E-state index >= 15 is 0 Å². The van der Waals surface area contributed by atoms with Gasteiger partial charge in [-0.05, 0) is 18.0 Å². The van der Waals surface area contributed by atoms with Crippen LogP contribution in [0.1, 0.15) is 19.2 Å². The molecule has 0 spiro atoms. The number of aromatic nitrogens is 7. The molecule has 0 bridgehead atoms. The number of hydrogen-bond donors (Lipinski definition) is 0. The fourth-order valence-corrected chi connectivity index (χ4v) is 4.96. The van der Waals surface area contributed by atoms with Crippen LogP contribution in [-0.2, 0) is 10.3 Å². The normalized spacial score (nSPS) is 19.8. The minimum atomic E-state index is -0.387. The maximum absolute atomic E-state index is 5.87. The van der Waals surface area contributed by atoms with Crippen LogP contribution < -0.4 is 4.90 Å². The van der Waals surface area contributed by atoms with E-state index in [1.165, 1.54) is 11.5 Å². The molecule has 4 aromatic rings. The molecule has 2 aliphatic heterocycles. The second-order valence-electron chi connectivity index (χ2n) is 7.33. The van der Waals surface area contributed by atoms with E-state index in [0.717, 1.165) is 46.4 Å². The first-order chi connectivity index (χ1) is 14.8. The van der Waals surface area contributed by atoms with Crippen LogP contribution in [0.4, 0.5) is 5.82 Å². The lowest BCUT2D eigenvalue weighted by Gasteiger charge is -2.49. The molecule has 0 N–H and O–H groups in total. The van der Waals surface area contributed by atoms with E-state index in [2.05, 4.69) is 36.6 Å². The molecule has 1 saturated heterocycles. The number of rotatable bonds is 3. The topological polar surface area (TPSA) is 94.7 Å². The highest BCUT2D eigenvalue weighted by molar-refractivity contribution is 7.09. The fraction of sp³-hybridized carbons (Fsp3) is 0.300. The second kappa shape index (κ2) is 6.64. The van der Waals surface area contributed by atoms with E-state index in [-0.39, 0.29) is 5.54 Å². The summed E-state index contributed by atoms with van der Waals surface area (Å²) in [6, 6.07) is 10.0. The maximum atomic E-state index is 5.87. The smallest absolute Gasteiger partial charge is 0.175 e. The van der Waals surface area contributed by atoms with Crippen molar-refractivity contribution < 1.29 is 4.74 Å². The van der Waals surface area contributed by atoms with E-state index in [1.807, 2.05) is 41.1 Å². The Morgan fingerprint density at radius 1 is 1.20 bits per heavy atom. The summed E-state index contributed by atoms with van der Waals surface area (Å²) in [5.41, 5.74) is 2.29. The van der Waals surface area contributed by atoms with Crippen molar-refractivity contribution in [1.82, 2.24) is 34.3 Å². The summed E-state index contributed by atoms with van der Waals surface area (Å²) in [6.07, 6.45) is 4.40. The predicted octanol–water partition coefficient (Wildman–Crippen LogP) is 2.70. The lowest BCUT2D eigenvalue weighted by atomic mass is 9.90.